The van der Waals surface area contributed by atoms with Crippen molar-refractivity contribution in [2.75, 3.05) is 11.9 Å². The van der Waals surface area contributed by atoms with Crippen LogP contribution in [0.3, 0.4) is 0 Å². The smallest absolute Gasteiger partial charge is 0.387 e. The number of thiophene rings is 1. The molecule has 27 heavy (non-hydrogen) atoms. The Morgan fingerprint density at radius 1 is 1.26 bits per heavy atom. The van der Waals surface area contributed by atoms with Gasteiger partial charge in [-0.15, -0.1) is 11.3 Å². The number of hydrogen-bond acceptors (Lipinski definition) is 4. The molecule has 2 heterocycles. The molecular weight excluding hydrogens is 381 g/mol. The highest BCUT2D eigenvalue weighted by molar-refractivity contribution is 7.10. The van der Waals surface area contributed by atoms with E-state index < -0.39 is 24.1 Å². The van der Waals surface area contributed by atoms with E-state index in [-0.39, 0.29) is 24.4 Å². The molecule has 5 nitrogen and oxygen atoms in total. The SMILES string of the molecule is O=C(CCC(=O)N1CCc2sccc2C1)Nc1ccc(OC(F)F)c(F)c1. The molecule has 2 amide bonds. The van der Waals surface area contributed by atoms with E-state index in [0.717, 1.165) is 24.1 Å². The summed E-state index contributed by atoms with van der Waals surface area (Å²) >= 11 is 1.68. The Morgan fingerprint density at radius 3 is 2.81 bits per heavy atom. The summed E-state index contributed by atoms with van der Waals surface area (Å²) in [4.78, 5) is 27.3. The Bertz CT molecular complexity index is 841. The minimum atomic E-state index is -3.13. The van der Waals surface area contributed by atoms with Gasteiger partial charge in [-0.25, -0.2) is 4.39 Å². The predicted octanol–water partition coefficient (Wildman–Crippen LogP) is 3.79. The minimum Gasteiger partial charge on any atom is -0.432 e. The predicted molar refractivity (Wildman–Crippen MR) is 94.3 cm³/mol. The fraction of sp³-hybridized carbons (Fsp3) is 0.333. The zero-order valence-electron chi connectivity index (χ0n) is 14.2. The van der Waals surface area contributed by atoms with E-state index in [1.807, 2.05) is 11.4 Å². The number of fused-ring (bicyclic) bond motifs is 1. The van der Waals surface area contributed by atoms with Crippen molar-refractivity contribution in [3.63, 3.8) is 0 Å². The van der Waals surface area contributed by atoms with E-state index in [9.17, 15) is 22.8 Å². The number of nitrogens with one attached hydrogen (secondary N) is 1. The first-order chi connectivity index (χ1) is 12.9. The van der Waals surface area contributed by atoms with Crippen LogP contribution in [0.25, 0.3) is 0 Å². The highest BCUT2D eigenvalue weighted by Crippen LogP contribution is 2.25. The zero-order valence-corrected chi connectivity index (χ0v) is 15.0. The maximum absolute atomic E-state index is 13.6. The van der Waals surface area contributed by atoms with E-state index >= 15 is 0 Å². The van der Waals surface area contributed by atoms with Gasteiger partial charge in [-0.2, -0.15) is 8.78 Å². The zero-order chi connectivity index (χ0) is 19.4. The number of carbonyl (C=O) groups excluding carboxylic acids is 2. The number of alkyl halides is 2. The summed E-state index contributed by atoms with van der Waals surface area (Å²) in [6.07, 6.45) is 0.806. The van der Waals surface area contributed by atoms with Crippen LogP contribution >= 0.6 is 11.3 Å². The molecule has 0 saturated heterocycles. The van der Waals surface area contributed by atoms with Crippen LogP contribution in [-0.2, 0) is 22.6 Å². The van der Waals surface area contributed by atoms with E-state index in [1.54, 1.807) is 16.2 Å². The molecule has 1 N–H and O–H groups in total. The van der Waals surface area contributed by atoms with Crippen LogP contribution in [0.15, 0.2) is 29.6 Å². The number of ether oxygens (including phenoxy) is 1. The van der Waals surface area contributed by atoms with Crippen molar-refractivity contribution in [3.05, 3.63) is 45.9 Å². The molecule has 9 heteroatoms. The summed E-state index contributed by atoms with van der Waals surface area (Å²) in [6.45, 7) is -1.95. The molecule has 2 aromatic rings. The third-order valence-electron chi connectivity index (χ3n) is 4.16. The molecule has 144 valence electrons. The Labute approximate surface area is 157 Å². The van der Waals surface area contributed by atoms with Crippen molar-refractivity contribution in [2.24, 2.45) is 0 Å². The maximum Gasteiger partial charge on any atom is 0.387 e. The molecule has 3 rings (SSSR count). The standard InChI is InChI=1S/C18H17F3N2O3S/c19-13-9-12(1-2-14(13)26-18(20)21)22-16(24)3-4-17(25)23-7-5-15-11(10-23)6-8-27-15/h1-2,6,8-9,18H,3-5,7,10H2,(H,22,24). The lowest BCUT2D eigenvalue weighted by Crippen LogP contribution is -2.35. The Kier molecular flexibility index (Phi) is 6.00. The molecule has 0 unspecified atom stereocenters. The molecule has 0 spiro atoms. The van der Waals surface area contributed by atoms with Gasteiger partial charge in [0.15, 0.2) is 11.6 Å². The summed E-state index contributed by atoms with van der Waals surface area (Å²) in [7, 11) is 0. The second kappa shape index (κ2) is 8.43. The summed E-state index contributed by atoms with van der Waals surface area (Å²) in [5.41, 5.74) is 1.25. The molecule has 1 aromatic heterocycles. The summed E-state index contributed by atoms with van der Waals surface area (Å²) in [5, 5.41) is 4.44. The van der Waals surface area contributed by atoms with Gasteiger partial charge in [0, 0.05) is 42.6 Å². The van der Waals surface area contributed by atoms with E-state index in [0.29, 0.717) is 13.1 Å². The van der Waals surface area contributed by atoms with E-state index in [1.165, 1.54) is 10.9 Å². The third kappa shape index (κ3) is 5.00. The number of anilines is 1. The van der Waals surface area contributed by atoms with Gasteiger partial charge in [0.1, 0.15) is 0 Å². The first-order valence-electron chi connectivity index (χ1n) is 8.29. The van der Waals surface area contributed by atoms with Crippen molar-refractivity contribution in [1.29, 1.82) is 0 Å². The number of rotatable bonds is 6. The fourth-order valence-electron chi connectivity index (χ4n) is 2.83. The van der Waals surface area contributed by atoms with Gasteiger partial charge in [-0.05, 0) is 35.6 Å². The fourth-order valence-corrected chi connectivity index (χ4v) is 3.72. The average molecular weight is 398 g/mol. The second-order valence-electron chi connectivity index (χ2n) is 6.01. The Balaban J connectivity index is 1.48. The molecule has 0 atom stereocenters. The van der Waals surface area contributed by atoms with Crippen LogP contribution in [0, 0.1) is 5.82 Å². The van der Waals surface area contributed by atoms with Crippen molar-refractivity contribution >= 4 is 28.8 Å². The van der Waals surface area contributed by atoms with Gasteiger partial charge in [0.05, 0.1) is 0 Å². The first-order valence-corrected chi connectivity index (χ1v) is 9.17. The summed E-state index contributed by atoms with van der Waals surface area (Å²) in [5.74, 6) is -2.19. The Hall–Kier alpha value is -2.55. The molecular formula is C18H17F3N2O3S. The van der Waals surface area contributed by atoms with Gasteiger partial charge in [0.2, 0.25) is 11.8 Å². The van der Waals surface area contributed by atoms with Crippen LogP contribution in [0.1, 0.15) is 23.3 Å². The van der Waals surface area contributed by atoms with Crippen LogP contribution in [-0.4, -0.2) is 29.9 Å². The van der Waals surface area contributed by atoms with Crippen LogP contribution < -0.4 is 10.1 Å². The molecule has 0 fully saturated rings. The number of benzene rings is 1. The molecule has 0 aliphatic carbocycles. The topological polar surface area (TPSA) is 58.6 Å². The minimum absolute atomic E-state index is 0.0420. The normalized spacial score (nSPS) is 13.4. The van der Waals surface area contributed by atoms with Gasteiger partial charge in [-0.1, -0.05) is 0 Å². The van der Waals surface area contributed by atoms with Gasteiger partial charge in [0.25, 0.3) is 0 Å². The van der Waals surface area contributed by atoms with E-state index in [4.69, 9.17) is 0 Å². The van der Waals surface area contributed by atoms with Crippen LogP contribution in [0.2, 0.25) is 0 Å². The summed E-state index contributed by atoms with van der Waals surface area (Å²) < 4.78 is 41.9. The number of amides is 2. The van der Waals surface area contributed by atoms with Gasteiger partial charge < -0.3 is 15.0 Å². The van der Waals surface area contributed by atoms with Crippen molar-refractivity contribution in [1.82, 2.24) is 4.90 Å². The molecule has 1 aliphatic heterocycles. The highest BCUT2D eigenvalue weighted by atomic mass is 32.1. The number of carbonyl (C=O) groups is 2. The molecule has 1 aromatic carbocycles. The lowest BCUT2D eigenvalue weighted by Gasteiger charge is -2.27. The highest BCUT2D eigenvalue weighted by Gasteiger charge is 2.22. The number of hydrogen-bond donors (Lipinski definition) is 1. The van der Waals surface area contributed by atoms with Crippen molar-refractivity contribution in [2.45, 2.75) is 32.4 Å². The van der Waals surface area contributed by atoms with Crippen LogP contribution in [0.5, 0.6) is 5.75 Å². The summed E-state index contributed by atoms with van der Waals surface area (Å²) in [6, 6.07) is 5.15. The third-order valence-corrected chi connectivity index (χ3v) is 5.18. The second-order valence-corrected chi connectivity index (χ2v) is 7.01. The van der Waals surface area contributed by atoms with Crippen LogP contribution in [0.4, 0.5) is 18.9 Å². The van der Waals surface area contributed by atoms with E-state index in [2.05, 4.69) is 10.1 Å². The quantitative estimate of drug-likeness (QED) is 0.806. The largest absolute Gasteiger partial charge is 0.432 e. The number of nitrogens with zero attached hydrogens (tertiary/aromatic N) is 1. The molecule has 1 aliphatic rings. The van der Waals surface area contributed by atoms with Gasteiger partial charge >= 0.3 is 6.61 Å². The first kappa shape index (κ1) is 19.2. The van der Waals surface area contributed by atoms with Crippen molar-refractivity contribution < 1.29 is 27.5 Å². The molecule has 0 radical (unpaired) electrons. The van der Waals surface area contributed by atoms with Crippen molar-refractivity contribution in [3.8, 4) is 5.75 Å². The maximum atomic E-state index is 13.6. The average Bonchev–Trinajstić information content (AvgIpc) is 3.09. The molecule has 0 saturated carbocycles. The lowest BCUT2D eigenvalue weighted by atomic mass is 10.1. The monoisotopic (exact) mass is 398 g/mol. The lowest BCUT2D eigenvalue weighted by molar-refractivity contribution is -0.133. The van der Waals surface area contributed by atoms with Gasteiger partial charge in [-0.3, -0.25) is 9.59 Å². The number of halogens is 3. The molecule has 0 bridgehead atoms. The Morgan fingerprint density at radius 2 is 2.07 bits per heavy atom.